The third kappa shape index (κ3) is 5.00. The number of ether oxygens (including phenoxy) is 2. The number of piperidine rings is 1. The third-order valence-corrected chi connectivity index (χ3v) is 5.87. The third-order valence-electron chi connectivity index (χ3n) is 5.87. The topological polar surface area (TPSA) is 55.8 Å². The highest BCUT2D eigenvalue weighted by atomic mass is 19.4. The average Bonchev–Trinajstić information content (AvgIpc) is 3.00. The maximum atomic E-state index is 13.0. The van der Waals surface area contributed by atoms with Crippen LogP contribution in [0.15, 0.2) is 54.6 Å². The summed E-state index contributed by atoms with van der Waals surface area (Å²) in [5.74, 6) is -0.984. The van der Waals surface area contributed by atoms with Crippen LogP contribution in [0.5, 0.6) is 5.75 Å². The number of ketones is 1. The van der Waals surface area contributed by atoms with Gasteiger partial charge in [-0.15, -0.1) is 13.2 Å². The summed E-state index contributed by atoms with van der Waals surface area (Å²) < 4.78 is 46.8. The van der Waals surface area contributed by atoms with Crippen LogP contribution in [0.4, 0.5) is 18.0 Å². The summed E-state index contributed by atoms with van der Waals surface area (Å²) in [5, 5.41) is 0. The van der Waals surface area contributed by atoms with Crippen molar-refractivity contribution in [3.8, 4) is 5.75 Å². The van der Waals surface area contributed by atoms with Crippen LogP contribution in [-0.4, -0.2) is 35.2 Å². The molecule has 0 aliphatic carbocycles. The van der Waals surface area contributed by atoms with Crippen LogP contribution >= 0.6 is 0 Å². The lowest BCUT2D eigenvalue weighted by atomic mass is 9.85. The van der Waals surface area contributed by atoms with Crippen molar-refractivity contribution in [2.75, 3.05) is 0 Å². The molecule has 2 bridgehead atoms. The molecule has 2 aromatic rings. The molecular weight excluding hydrogens is 411 g/mol. The summed E-state index contributed by atoms with van der Waals surface area (Å²) in [6.07, 6.45) is -2.69. The van der Waals surface area contributed by atoms with E-state index < -0.39 is 12.1 Å². The largest absolute Gasteiger partial charge is 0.573 e. The first-order valence-corrected chi connectivity index (χ1v) is 10.2. The van der Waals surface area contributed by atoms with Gasteiger partial charge in [0.15, 0.2) is 5.78 Å². The highest BCUT2D eigenvalue weighted by Crippen LogP contribution is 2.40. The number of fused-ring (bicyclic) bond motifs is 2. The summed E-state index contributed by atoms with van der Waals surface area (Å²) in [6.45, 7) is 0.184. The van der Waals surface area contributed by atoms with Crippen molar-refractivity contribution in [2.45, 2.75) is 50.7 Å². The van der Waals surface area contributed by atoms with E-state index in [2.05, 4.69) is 4.74 Å². The Hall–Kier alpha value is -3.03. The van der Waals surface area contributed by atoms with Crippen molar-refractivity contribution in [3.63, 3.8) is 0 Å². The summed E-state index contributed by atoms with van der Waals surface area (Å²) in [4.78, 5) is 27.3. The maximum Gasteiger partial charge on any atom is 0.573 e. The fourth-order valence-electron chi connectivity index (χ4n) is 4.57. The van der Waals surface area contributed by atoms with Crippen molar-refractivity contribution < 1.29 is 32.2 Å². The quantitative estimate of drug-likeness (QED) is 0.597. The molecule has 0 saturated carbocycles. The summed E-state index contributed by atoms with van der Waals surface area (Å²) in [5.41, 5.74) is 1.08. The lowest BCUT2D eigenvalue weighted by Crippen LogP contribution is -2.48. The zero-order chi connectivity index (χ0) is 22.0. The van der Waals surface area contributed by atoms with Gasteiger partial charge in [-0.1, -0.05) is 42.5 Å². The first kappa shape index (κ1) is 21.2. The Morgan fingerprint density at radius 1 is 0.968 bits per heavy atom. The number of amides is 1. The smallest absolute Gasteiger partial charge is 0.445 e. The molecule has 2 atom stereocenters. The Morgan fingerprint density at radius 3 is 2.29 bits per heavy atom. The van der Waals surface area contributed by atoms with E-state index in [1.54, 1.807) is 4.90 Å². The highest BCUT2D eigenvalue weighted by molar-refractivity contribution is 5.98. The van der Waals surface area contributed by atoms with Gasteiger partial charge in [-0.05, 0) is 43.4 Å². The molecule has 5 nitrogen and oxygen atoms in total. The van der Waals surface area contributed by atoms with Crippen LogP contribution in [0.1, 0.15) is 41.6 Å². The van der Waals surface area contributed by atoms with Crippen LogP contribution in [0.2, 0.25) is 0 Å². The van der Waals surface area contributed by atoms with E-state index in [4.69, 9.17) is 4.74 Å². The number of nitrogens with zero attached hydrogens (tertiary/aromatic N) is 1. The molecule has 2 heterocycles. The number of benzene rings is 2. The predicted octanol–water partition coefficient (Wildman–Crippen LogP) is 5.35. The molecule has 4 rings (SSSR count). The first-order valence-electron chi connectivity index (χ1n) is 10.2. The number of Topliss-reactive ketones (excluding diaryl/α,β-unsaturated/α-hetero) is 1. The summed E-state index contributed by atoms with van der Waals surface area (Å²) >= 11 is 0. The van der Waals surface area contributed by atoms with Gasteiger partial charge < -0.3 is 14.4 Å². The second-order valence-electron chi connectivity index (χ2n) is 7.94. The highest BCUT2D eigenvalue weighted by Gasteiger charge is 2.46. The van der Waals surface area contributed by atoms with Crippen LogP contribution in [0, 0.1) is 5.92 Å². The molecule has 2 saturated heterocycles. The average molecular weight is 433 g/mol. The van der Waals surface area contributed by atoms with Crippen LogP contribution in [-0.2, 0) is 11.3 Å². The van der Waals surface area contributed by atoms with E-state index in [9.17, 15) is 22.8 Å². The second kappa shape index (κ2) is 8.61. The normalized spacial score (nSPS) is 22.8. The Labute approximate surface area is 177 Å². The molecule has 1 amide bonds. The predicted molar refractivity (Wildman–Crippen MR) is 105 cm³/mol. The minimum atomic E-state index is -4.81. The van der Waals surface area contributed by atoms with Gasteiger partial charge in [0.2, 0.25) is 0 Å². The molecule has 2 fully saturated rings. The Bertz CT molecular complexity index is 933. The zero-order valence-corrected chi connectivity index (χ0v) is 16.7. The number of alkyl halides is 3. The molecule has 164 valence electrons. The lowest BCUT2D eigenvalue weighted by molar-refractivity contribution is -0.274. The minimum absolute atomic E-state index is 0.106. The van der Waals surface area contributed by atoms with E-state index in [0.717, 1.165) is 24.5 Å². The monoisotopic (exact) mass is 433 g/mol. The second-order valence-corrected chi connectivity index (χ2v) is 7.94. The fraction of sp³-hybridized carbons (Fsp3) is 0.391. The van der Waals surface area contributed by atoms with Gasteiger partial charge in [0, 0.05) is 23.6 Å². The molecular formula is C23H22F3NO4. The molecule has 0 spiro atoms. The molecule has 2 aliphatic rings. The van der Waals surface area contributed by atoms with Gasteiger partial charge in [-0.3, -0.25) is 4.79 Å². The van der Waals surface area contributed by atoms with E-state index in [1.807, 2.05) is 30.3 Å². The van der Waals surface area contributed by atoms with E-state index in [-0.39, 0.29) is 42.0 Å². The standard InChI is InChI=1S/C23H22F3NO4/c24-23(25,26)31-20-8-4-7-16(13-20)21(28)17-11-18-9-10-19(12-17)27(18)22(29)30-14-15-5-2-1-3-6-15/h1-8,13,17-19H,9-12,14H2. The van der Waals surface area contributed by atoms with Gasteiger partial charge in [-0.25, -0.2) is 4.79 Å². The molecule has 0 aromatic heterocycles. The number of hydrogen-bond acceptors (Lipinski definition) is 4. The van der Waals surface area contributed by atoms with Gasteiger partial charge in [-0.2, -0.15) is 0 Å². The van der Waals surface area contributed by atoms with Crippen molar-refractivity contribution >= 4 is 11.9 Å². The minimum Gasteiger partial charge on any atom is -0.445 e. The summed E-state index contributed by atoms with van der Waals surface area (Å²) in [6, 6.07) is 14.3. The van der Waals surface area contributed by atoms with Gasteiger partial charge in [0.25, 0.3) is 0 Å². The number of rotatable bonds is 5. The molecule has 31 heavy (non-hydrogen) atoms. The van der Waals surface area contributed by atoms with Crippen LogP contribution < -0.4 is 4.74 Å². The van der Waals surface area contributed by atoms with Crippen molar-refractivity contribution in [1.29, 1.82) is 0 Å². The van der Waals surface area contributed by atoms with Crippen molar-refractivity contribution in [2.24, 2.45) is 5.92 Å². The molecule has 2 aliphatic heterocycles. The van der Waals surface area contributed by atoms with E-state index in [0.29, 0.717) is 12.8 Å². The number of halogens is 3. The zero-order valence-electron chi connectivity index (χ0n) is 16.7. The molecule has 8 heteroatoms. The Kier molecular flexibility index (Phi) is 5.89. The van der Waals surface area contributed by atoms with E-state index in [1.165, 1.54) is 18.2 Å². The summed E-state index contributed by atoms with van der Waals surface area (Å²) in [7, 11) is 0. The molecule has 0 N–H and O–H groups in total. The SMILES string of the molecule is O=C(c1cccc(OC(F)(F)F)c1)C1CC2CCC(C1)N2C(=O)OCc1ccccc1. The molecule has 2 unspecified atom stereocenters. The number of hydrogen-bond donors (Lipinski definition) is 0. The fourth-order valence-corrected chi connectivity index (χ4v) is 4.57. The van der Waals surface area contributed by atoms with E-state index >= 15 is 0 Å². The first-order chi connectivity index (χ1) is 14.8. The van der Waals surface area contributed by atoms with Gasteiger partial charge in [0.05, 0.1) is 0 Å². The van der Waals surface area contributed by atoms with Crippen molar-refractivity contribution in [3.05, 3.63) is 65.7 Å². The van der Waals surface area contributed by atoms with Crippen LogP contribution in [0.25, 0.3) is 0 Å². The Morgan fingerprint density at radius 2 is 1.65 bits per heavy atom. The van der Waals surface area contributed by atoms with Crippen LogP contribution in [0.3, 0.4) is 0 Å². The Balaban J connectivity index is 1.39. The molecule has 0 radical (unpaired) electrons. The maximum absolute atomic E-state index is 13.0. The van der Waals surface area contributed by atoms with Crippen molar-refractivity contribution in [1.82, 2.24) is 4.90 Å². The number of carbonyl (C=O) groups is 2. The van der Waals surface area contributed by atoms with Gasteiger partial charge in [0.1, 0.15) is 12.4 Å². The van der Waals surface area contributed by atoms with Gasteiger partial charge >= 0.3 is 12.5 Å². The lowest BCUT2D eigenvalue weighted by Gasteiger charge is -2.37. The number of carbonyl (C=O) groups excluding carboxylic acids is 2. The molecule has 2 aromatic carbocycles.